The van der Waals surface area contributed by atoms with Gasteiger partial charge >= 0.3 is 11.9 Å². The highest BCUT2D eigenvalue weighted by atomic mass is 16.7. The summed E-state index contributed by atoms with van der Waals surface area (Å²) in [7, 11) is 0. The summed E-state index contributed by atoms with van der Waals surface area (Å²) < 4.78 is 4.63. The molecule has 3 rings (SSSR count). The van der Waals surface area contributed by atoms with E-state index in [4.69, 9.17) is 4.84 Å². The predicted octanol–water partition coefficient (Wildman–Crippen LogP) is 0.595. The largest absolute Gasteiger partial charge is 0.450 e. The third-order valence-corrected chi connectivity index (χ3v) is 4.75. The van der Waals surface area contributed by atoms with E-state index in [0.29, 0.717) is 5.06 Å². The Balaban J connectivity index is 1.60. The van der Waals surface area contributed by atoms with Gasteiger partial charge in [0.25, 0.3) is 11.8 Å². The monoisotopic (exact) mass is 307 g/mol. The first kappa shape index (κ1) is 14.7. The van der Waals surface area contributed by atoms with Gasteiger partial charge in [-0.25, -0.2) is 9.59 Å². The van der Waals surface area contributed by atoms with Crippen LogP contribution in [0.3, 0.4) is 0 Å². The van der Waals surface area contributed by atoms with Gasteiger partial charge in [-0.3, -0.25) is 9.59 Å². The third-order valence-electron chi connectivity index (χ3n) is 4.75. The van der Waals surface area contributed by atoms with Crippen LogP contribution in [0.1, 0.15) is 26.2 Å². The minimum Gasteiger partial charge on any atom is -0.450 e. The lowest BCUT2D eigenvalue weighted by Gasteiger charge is -2.18. The number of carbonyl (C=O) groups is 4. The summed E-state index contributed by atoms with van der Waals surface area (Å²) in [4.78, 5) is 52.2. The van der Waals surface area contributed by atoms with Crippen molar-refractivity contribution in [3.05, 3.63) is 12.2 Å². The van der Waals surface area contributed by atoms with E-state index < -0.39 is 30.4 Å². The second-order valence-corrected chi connectivity index (χ2v) is 6.18. The van der Waals surface area contributed by atoms with Crippen LogP contribution in [0.4, 0.5) is 0 Å². The van der Waals surface area contributed by atoms with Crippen LogP contribution in [-0.4, -0.2) is 35.4 Å². The van der Waals surface area contributed by atoms with Crippen molar-refractivity contribution in [1.29, 1.82) is 0 Å². The molecule has 2 saturated carbocycles. The molecular weight excluding hydrogens is 290 g/mol. The molecule has 1 saturated heterocycles. The number of hydroxylamine groups is 2. The third kappa shape index (κ3) is 2.20. The topological polar surface area (TPSA) is 90.0 Å². The van der Waals surface area contributed by atoms with E-state index in [1.165, 1.54) is 6.92 Å². The molecule has 0 aromatic heterocycles. The Bertz CT molecular complexity index is 555. The fourth-order valence-electron chi connectivity index (χ4n) is 3.85. The summed E-state index contributed by atoms with van der Waals surface area (Å²) in [6.45, 7) is 4.16. The molecule has 0 N–H and O–H groups in total. The zero-order chi connectivity index (χ0) is 16.0. The molecule has 2 aliphatic carbocycles. The molecule has 1 aliphatic heterocycles. The maximum atomic E-state index is 12.3. The molecule has 0 aromatic carbocycles. The number of ether oxygens (including phenoxy) is 1. The number of rotatable bonds is 4. The highest BCUT2D eigenvalue weighted by molar-refractivity contribution is 6.05. The van der Waals surface area contributed by atoms with Crippen LogP contribution < -0.4 is 0 Å². The normalized spacial score (nSPS) is 32.1. The van der Waals surface area contributed by atoms with E-state index in [-0.39, 0.29) is 29.2 Å². The Morgan fingerprint density at radius 3 is 2.23 bits per heavy atom. The lowest BCUT2D eigenvalue weighted by molar-refractivity contribution is -0.202. The average Bonchev–Trinajstić information content (AvgIpc) is 3.14. The summed E-state index contributed by atoms with van der Waals surface area (Å²) >= 11 is 0. The zero-order valence-electron chi connectivity index (χ0n) is 12.2. The van der Waals surface area contributed by atoms with E-state index >= 15 is 0 Å². The van der Waals surface area contributed by atoms with Gasteiger partial charge in [0, 0.05) is 5.57 Å². The minimum absolute atomic E-state index is 0.146. The van der Waals surface area contributed by atoms with Gasteiger partial charge in [0.15, 0.2) is 6.61 Å². The molecule has 0 spiro atoms. The lowest BCUT2D eigenvalue weighted by Crippen LogP contribution is -2.36. The summed E-state index contributed by atoms with van der Waals surface area (Å²) in [6, 6.07) is 0. The molecule has 7 heteroatoms. The minimum atomic E-state index is -0.955. The van der Waals surface area contributed by atoms with E-state index in [1.54, 1.807) is 0 Å². The zero-order valence-corrected chi connectivity index (χ0v) is 12.2. The van der Waals surface area contributed by atoms with Gasteiger partial charge in [0.05, 0.1) is 11.8 Å². The Morgan fingerprint density at radius 2 is 1.73 bits per heavy atom. The number of esters is 1. The van der Waals surface area contributed by atoms with Crippen molar-refractivity contribution in [2.75, 3.05) is 6.61 Å². The highest BCUT2D eigenvalue weighted by Gasteiger charge is 2.62. The van der Waals surface area contributed by atoms with Crippen molar-refractivity contribution in [1.82, 2.24) is 5.06 Å². The first-order valence-corrected chi connectivity index (χ1v) is 7.31. The Hall–Kier alpha value is -2.18. The molecule has 3 fully saturated rings. The van der Waals surface area contributed by atoms with Gasteiger partial charge in [-0.1, -0.05) is 6.58 Å². The van der Waals surface area contributed by atoms with Crippen molar-refractivity contribution >= 4 is 23.8 Å². The van der Waals surface area contributed by atoms with Crippen LogP contribution in [0, 0.1) is 23.7 Å². The van der Waals surface area contributed by atoms with Crippen LogP contribution >= 0.6 is 0 Å². The Kier molecular flexibility index (Phi) is 3.50. The fraction of sp³-hybridized carbons (Fsp3) is 0.600. The van der Waals surface area contributed by atoms with Crippen molar-refractivity contribution in [2.45, 2.75) is 26.2 Å². The maximum Gasteiger partial charge on any atom is 0.370 e. The van der Waals surface area contributed by atoms with Gasteiger partial charge in [0.2, 0.25) is 0 Å². The van der Waals surface area contributed by atoms with E-state index in [1.807, 2.05) is 0 Å². The number of amides is 2. The molecule has 0 radical (unpaired) electrons. The molecule has 7 nitrogen and oxygen atoms in total. The number of fused-ring (bicyclic) bond motifs is 5. The number of hydrogen-bond acceptors (Lipinski definition) is 6. The van der Waals surface area contributed by atoms with Gasteiger partial charge < -0.3 is 9.57 Å². The molecular formula is C15H17NO6. The van der Waals surface area contributed by atoms with Gasteiger partial charge in [0.1, 0.15) is 0 Å². The van der Waals surface area contributed by atoms with Crippen LogP contribution in [0.2, 0.25) is 0 Å². The quantitative estimate of drug-likeness (QED) is 0.429. The number of hydrogen-bond donors (Lipinski definition) is 0. The molecule has 118 valence electrons. The summed E-state index contributed by atoms with van der Waals surface area (Å²) in [5.74, 6) is -2.83. The molecule has 1 heterocycles. The summed E-state index contributed by atoms with van der Waals surface area (Å²) in [6.07, 6.45) is 2.80. The first-order valence-electron chi connectivity index (χ1n) is 7.31. The van der Waals surface area contributed by atoms with Crippen LogP contribution in [-0.2, 0) is 28.8 Å². The van der Waals surface area contributed by atoms with E-state index in [2.05, 4.69) is 11.3 Å². The molecule has 2 bridgehead atoms. The molecule has 3 aliphatic rings. The number of nitrogens with zero attached hydrogens (tertiary/aromatic N) is 1. The predicted molar refractivity (Wildman–Crippen MR) is 71.5 cm³/mol. The standard InChI is InChI=1S/C15H17NO6/c1-7(2)15(20)21-6-10(17)22-16-13(18)11-8-3-4-9(5-8)12(11)14(16)19/h8-9,11-12H,1,3-6H2,2H3. The van der Waals surface area contributed by atoms with E-state index in [9.17, 15) is 19.2 Å². The molecule has 4 unspecified atom stereocenters. The van der Waals surface area contributed by atoms with Crippen LogP contribution in [0.5, 0.6) is 0 Å². The van der Waals surface area contributed by atoms with Crippen molar-refractivity contribution in [2.24, 2.45) is 23.7 Å². The Morgan fingerprint density at radius 1 is 1.18 bits per heavy atom. The lowest BCUT2D eigenvalue weighted by atomic mass is 9.81. The van der Waals surface area contributed by atoms with Crippen LogP contribution in [0.25, 0.3) is 0 Å². The first-order chi connectivity index (χ1) is 10.4. The van der Waals surface area contributed by atoms with Crippen molar-refractivity contribution in [3.63, 3.8) is 0 Å². The van der Waals surface area contributed by atoms with Crippen LogP contribution in [0.15, 0.2) is 12.2 Å². The summed E-state index contributed by atoms with van der Waals surface area (Å²) in [5.41, 5.74) is 0.146. The highest BCUT2D eigenvalue weighted by Crippen LogP contribution is 2.56. The number of imide groups is 1. The van der Waals surface area contributed by atoms with Crippen molar-refractivity contribution < 1.29 is 28.8 Å². The van der Waals surface area contributed by atoms with E-state index in [0.717, 1.165) is 19.3 Å². The van der Waals surface area contributed by atoms with Gasteiger partial charge in [-0.2, -0.15) is 0 Å². The molecule has 22 heavy (non-hydrogen) atoms. The molecule has 0 aromatic rings. The maximum absolute atomic E-state index is 12.3. The fourth-order valence-corrected chi connectivity index (χ4v) is 3.85. The van der Waals surface area contributed by atoms with Gasteiger partial charge in [-0.05, 0) is 38.0 Å². The second-order valence-electron chi connectivity index (χ2n) is 6.18. The molecule has 2 amide bonds. The second kappa shape index (κ2) is 5.23. The van der Waals surface area contributed by atoms with Gasteiger partial charge in [-0.15, -0.1) is 5.06 Å². The average molecular weight is 307 g/mol. The SMILES string of the molecule is C=C(C)C(=O)OCC(=O)ON1C(=O)C2C3CCC(C3)C2C1=O. The number of carbonyl (C=O) groups excluding carboxylic acids is 4. The smallest absolute Gasteiger partial charge is 0.370 e. The summed E-state index contributed by atoms with van der Waals surface area (Å²) in [5, 5.41) is 0.566. The van der Waals surface area contributed by atoms with Crippen molar-refractivity contribution in [3.8, 4) is 0 Å². The molecule has 4 atom stereocenters. The Labute approximate surface area is 127 Å².